The van der Waals surface area contributed by atoms with Crippen LogP contribution in [0.2, 0.25) is 0 Å². The van der Waals surface area contributed by atoms with Crippen molar-refractivity contribution in [1.29, 1.82) is 0 Å². The minimum atomic E-state index is -3.85. The number of nitrogens with two attached hydrogens (primary N) is 3. The van der Waals surface area contributed by atoms with Gasteiger partial charge in [0.05, 0.1) is 22.2 Å². The van der Waals surface area contributed by atoms with Crippen molar-refractivity contribution in [2.24, 2.45) is 16.0 Å². The molecule has 0 spiro atoms. The maximum atomic E-state index is 12.1. The Morgan fingerprint density at radius 3 is 1.27 bits per heavy atom. The van der Waals surface area contributed by atoms with E-state index < -0.39 is 20.0 Å². The summed E-state index contributed by atoms with van der Waals surface area (Å²) in [5.74, 6) is 0. The van der Waals surface area contributed by atoms with Crippen LogP contribution >= 0.6 is 0 Å². The van der Waals surface area contributed by atoms with Crippen molar-refractivity contribution in [3.8, 4) is 44.5 Å². The first kappa shape index (κ1) is 41.6. The van der Waals surface area contributed by atoms with E-state index in [0.717, 1.165) is 73.7 Å². The van der Waals surface area contributed by atoms with Crippen LogP contribution in [0.15, 0.2) is 168 Å². The Bertz CT molecular complexity index is 3550. The lowest BCUT2D eigenvalue weighted by atomic mass is 9.96. The fraction of sp³-hybridized carbons (Fsp3) is 0.137. The predicted molar refractivity (Wildman–Crippen MR) is 257 cm³/mol. The highest BCUT2D eigenvalue weighted by Gasteiger charge is 2.40. The second-order valence-electron chi connectivity index (χ2n) is 17.6. The summed E-state index contributed by atoms with van der Waals surface area (Å²) in [6.07, 6.45) is 15.7. The van der Waals surface area contributed by atoms with E-state index in [9.17, 15) is 16.8 Å². The first-order valence-corrected chi connectivity index (χ1v) is 24.5. The summed E-state index contributed by atoms with van der Waals surface area (Å²) in [5, 5.41) is 22.6. The van der Waals surface area contributed by atoms with Crippen molar-refractivity contribution in [1.82, 2.24) is 29.2 Å². The molecular formula is C51H43N9O4S2. The van der Waals surface area contributed by atoms with Crippen LogP contribution in [0.4, 0.5) is 0 Å². The van der Waals surface area contributed by atoms with Crippen LogP contribution < -0.4 is 16.0 Å². The van der Waals surface area contributed by atoms with Crippen LogP contribution in [0.3, 0.4) is 0 Å². The molecular weight excluding hydrogens is 867 g/mol. The average molecular weight is 910 g/mol. The molecule has 0 amide bonds. The number of nitrogens with zero attached hydrogens (tertiary/aromatic N) is 6. The molecule has 0 saturated heterocycles. The molecule has 0 atom stereocenters. The van der Waals surface area contributed by atoms with Crippen LogP contribution in [0.25, 0.3) is 77.3 Å². The summed E-state index contributed by atoms with van der Waals surface area (Å²) < 4.78 is 51.7. The molecule has 4 heterocycles. The SMILES string of the molecule is CC1(c2ccc(-c3cnc4c(-c5ccc(S(N)(=O)=O)c6ccccc56)cnn4c3)cc2)CC1.NC1(c2ccc(-c3cnc4c(-c5ccc(S(N)(=O)=O)c6ccccc56)cnn4c3)cc2)CC1. The number of rotatable bonds is 8. The normalized spacial score (nSPS) is 15.2. The number of aromatic nitrogens is 6. The highest BCUT2D eigenvalue weighted by Crippen LogP contribution is 2.48. The molecule has 6 aromatic carbocycles. The van der Waals surface area contributed by atoms with Crippen molar-refractivity contribution >= 4 is 52.9 Å². The standard InChI is InChI=1S/C26H22N4O2S.C25H21N5O2S/c1-26(12-13-26)19-8-6-17(7-9-19)18-14-28-25-23(15-29-30(25)16-18)21-10-11-24(33(27,31)32)22-5-3-2-4-20(21)22;26-25(11-12-25)18-7-5-16(6-8-18)17-13-28-24-22(14-29-30(24)15-17)20-9-10-23(33(27,31)32)21-4-2-1-3-19(20)21/h2-11,14-16H,12-13H2,1H3,(H2,27,31,32);1-10,13-15H,11-12,26H2,(H2,27,31,32). The van der Waals surface area contributed by atoms with Gasteiger partial charge in [0.25, 0.3) is 0 Å². The van der Waals surface area contributed by atoms with Gasteiger partial charge in [-0.1, -0.05) is 116 Å². The Hall–Kier alpha value is -7.14. The first-order valence-electron chi connectivity index (χ1n) is 21.4. The highest BCUT2D eigenvalue weighted by molar-refractivity contribution is 7.89. The molecule has 6 N–H and O–H groups in total. The molecule has 15 heteroatoms. The van der Waals surface area contributed by atoms with Gasteiger partial charge < -0.3 is 5.73 Å². The summed E-state index contributed by atoms with van der Waals surface area (Å²) in [5.41, 5.74) is 17.8. The van der Waals surface area contributed by atoms with Gasteiger partial charge in [-0.3, -0.25) is 0 Å². The lowest BCUT2D eigenvalue weighted by Gasteiger charge is -2.10. The lowest BCUT2D eigenvalue weighted by molar-refractivity contribution is 0.597. The molecule has 328 valence electrons. The van der Waals surface area contributed by atoms with E-state index >= 15 is 0 Å². The van der Waals surface area contributed by atoms with Gasteiger partial charge in [0, 0.05) is 63.4 Å². The maximum Gasteiger partial charge on any atom is 0.238 e. The van der Waals surface area contributed by atoms with Crippen LogP contribution in [0.1, 0.15) is 43.7 Å². The summed E-state index contributed by atoms with van der Waals surface area (Å²) in [6, 6.07) is 38.2. The Labute approximate surface area is 380 Å². The molecule has 0 aliphatic heterocycles. The van der Waals surface area contributed by atoms with E-state index in [2.05, 4.69) is 70.6 Å². The van der Waals surface area contributed by atoms with Gasteiger partial charge >= 0.3 is 0 Å². The van der Waals surface area contributed by atoms with Crippen molar-refractivity contribution in [3.05, 3.63) is 170 Å². The minimum absolute atomic E-state index is 0.0995. The number of fused-ring (bicyclic) bond motifs is 4. The van der Waals surface area contributed by atoms with Gasteiger partial charge in [-0.05, 0) is 87.4 Å². The Kier molecular flexibility index (Phi) is 9.58. The van der Waals surface area contributed by atoms with E-state index in [0.29, 0.717) is 27.5 Å². The summed E-state index contributed by atoms with van der Waals surface area (Å²) >= 11 is 0. The van der Waals surface area contributed by atoms with E-state index in [1.807, 2.05) is 49.1 Å². The molecule has 2 saturated carbocycles. The fourth-order valence-electron chi connectivity index (χ4n) is 8.90. The van der Waals surface area contributed by atoms with Gasteiger partial charge in [0.2, 0.25) is 20.0 Å². The molecule has 0 radical (unpaired) electrons. The van der Waals surface area contributed by atoms with Crippen LogP contribution in [-0.2, 0) is 31.0 Å². The van der Waals surface area contributed by atoms with Gasteiger partial charge in [0.15, 0.2) is 11.3 Å². The largest absolute Gasteiger partial charge is 0.321 e. The van der Waals surface area contributed by atoms with E-state index in [1.54, 1.807) is 63.9 Å². The second kappa shape index (κ2) is 15.2. The lowest BCUT2D eigenvalue weighted by Crippen LogP contribution is -2.18. The van der Waals surface area contributed by atoms with Crippen molar-refractivity contribution < 1.29 is 16.8 Å². The molecule has 10 aromatic rings. The molecule has 2 aliphatic carbocycles. The molecule has 0 bridgehead atoms. The third-order valence-corrected chi connectivity index (χ3v) is 15.1. The number of primary sulfonamides is 2. The van der Waals surface area contributed by atoms with Crippen molar-refractivity contribution in [2.75, 3.05) is 0 Å². The zero-order valence-corrected chi connectivity index (χ0v) is 37.3. The zero-order valence-electron chi connectivity index (χ0n) is 35.7. The fourth-order valence-corrected chi connectivity index (χ4v) is 10.4. The molecule has 12 rings (SSSR count). The van der Waals surface area contributed by atoms with E-state index in [4.69, 9.17) is 21.0 Å². The molecule has 13 nitrogen and oxygen atoms in total. The molecule has 66 heavy (non-hydrogen) atoms. The molecule has 4 aromatic heterocycles. The third-order valence-electron chi connectivity index (χ3n) is 13.2. The van der Waals surface area contributed by atoms with Gasteiger partial charge in [-0.2, -0.15) is 10.2 Å². The van der Waals surface area contributed by atoms with Crippen LogP contribution in [-0.4, -0.2) is 46.0 Å². The summed E-state index contributed by atoms with van der Waals surface area (Å²) in [7, 11) is -7.69. The zero-order chi connectivity index (χ0) is 45.6. The van der Waals surface area contributed by atoms with Gasteiger partial charge in [0.1, 0.15) is 0 Å². The van der Waals surface area contributed by atoms with Gasteiger partial charge in [-0.15, -0.1) is 0 Å². The highest BCUT2D eigenvalue weighted by atomic mass is 32.2. The number of benzene rings is 6. The smallest absolute Gasteiger partial charge is 0.238 e. The van der Waals surface area contributed by atoms with Crippen LogP contribution in [0, 0.1) is 0 Å². The topological polar surface area (TPSA) is 207 Å². The van der Waals surface area contributed by atoms with Crippen LogP contribution in [0.5, 0.6) is 0 Å². The minimum Gasteiger partial charge on any atom is -0.321 e. The Morgan fingerprint density at radius 1 is 0.470 bits per heavy atom. The molecule has 2 fully saturated rings. The quantitative estimate of drug-likeness (QED) is 0.133. The summed E-state index contributed by atoms with van der Waals surface area (Å²) in [4.78, 5) is 9.61. The first-order chi connectivity index (χ1) is 31.7. The Morgan fingerprint density at radius 2 is 0.879 bits per heavy atom. The number of sulfonamides is 2. The number of hydrogen-bond acceptors (Lipinski definition) is 9. The Balaban J connectivity index is 0.000000146. The number of hydrogen-bond donors (Lipinski definition) is 3. The van der Waals surface area contributed by atoms with Crippen molar-refractivity contribution in [2.45, 2.75) is 53.4 Å². The second-order valence-corrected chi connectivity index (χ2v) is 20.7. The monoisotopic (exact) mass is 909 g/mol. The average Bonchev–Trinajstić information content (AvgIpc) is 4.16. The maximum absolute atomic E-state index is 12.1. The predicted octanol–water partition coefficient (Wildman–Crippen LogP) is 8.73. The van der Waals surface area contributed by atoms with E-state index in [1.165, 1.54) is 24.5 Å². The third kappa shape index (κ3) is 7.40. The van der Waals surface area contributed by atoms with E-state index in [-0.39, 0.29) is 15.3 Å². The molecule has 2 aliphatic rings. The van der Waals surface area contributed by atoms with Crippen molar-refractivity contribution in [3.63, 3.8) is 0 Å². The van der Waals surface area contributed by atoms with Gasteiger partial charge in [-0.25, -0.2) is 46.1 Å². The molecule has 0 unspecified atom stereocenters. The summed E-state index contributed by atoms with van der Waals surface area (Å²) in [6.45, 7) is 2.31.